The van der Waals surface area contributed by atoms with Gasteiger partial charge in [-0.15, -0.1) is 0 Å². The van der Waals surface area contributed by atoms with E-state index < -0.39 is 0 Å². The van der Waals surface area contributed by atoms with Gasteiger partial charge in [0.1, 0.15) is 5.76 Å². The molecule has 0 bridgehead atoms. The summed E-state index contributed by atoms with van der Waals surface area (Å²) in [5, 5.41) is 14.0. The molecule has 0 aromatic heterocycles. The number of benzene rings is 1. The van der Waals surface area contributed by atoms with Gasteiger partial charge in [0, 0.05) is 22.1 Å². The van der Waals surface area contributed by atoms with Crippen molar-refractivity contribution in [1.29, 1.82) is 0 Å². The number of nitrogens with one attached hydrogen (secondary N) is 1. The number of piperidine rings is 1. The van der Waals surface area contributed by atoms with Crippen LogP contribution in [-0.2, 0) is 4.79 Å². The van der Waals surface area contributed by atoms with Crippen molar-refractivity contribution in [2.75, 3.05) is 13.1 Å². The Balaban J connectivity index is 2.19. The van der Waals surface area contributed by atoms with E-state index in [4.69, 9.17) is 11.6 Å². The Kier molecular flexibility index (Phi) is 4.61. The van der Waals surface area contributed by atoms with Crippen LogP contribution in [0.25, 0.3) is 5.76 Å². The summed E-state index contributed by atoms with van der Waals surface area (Å²) in [4.78, 5) is 12.3. The minimum atomic E-state index is 0.0238. The average Bonchev–Trinajstić information content (AvgIpc) is 2.46. The number of hydrogen-bond acceptors (Lipinski definition) is 3. The second-order valence-electron chi connectivity index (χ2n) is 4.87. The Hall–Kier alpha value is -1.32. The summed E-state index contributed by atoms with van der Waals surface area (Å²) in [6, 6.07) is 6.85. The summed E-state index contributed by atoms with van der Waals surface area (Å²) < 4.78 is 0. The van der Waals surface area contributed by atoms with Crippen LogP contribution in [0, 0.1) is 5.92 Å². The van der Waals surface area contributed by atoms with E-state index in [1.165, 1.54) is 0 Å². The van der Waals surface area contributed by atoms with Crippen LogP contribution in [0.2, 0.25) is 5.02 Å². The van der Waals surface area contributed by atoms with E-state index in [2.05, 4.69) is 5.32 Å². The van der Waals surface area contributed by atoms with Crippen LogP contribution in [-0.4, -0.2) is 24.0 Å². The molecule has 0 aliphatic carbocycles. The number of ketones is 1. The number of halogens is 1. The standard InChI is InChI=1S/C15H18ClNO2/c1-10(15(19)12-6-8-17-9-7-12)14(18)11-2-4-13(16)5-3-11/h2-5,12,17-18H,6-9H2,1H3/b14-10-. The van der Waals surface area contributed by atoms with Crippen LogP contribution in [0.3, 0.4) is 0 Å². The van der Waals surface area contributed by atoms with Crippen LogP contribution in [0.15, 0.2) is 29.8 Å². The average molecular weight is 280 g/mol. The quantitative estimate of drug-likeness (QED) is 0.660. The van der Waals surface area contributed by atoms with E-state index in [0.717, 1.165) is 25.9 Å². The Morgan fingerprint density at radius 1 is 1.26 bits per heavy atom. The SMILES string of the molecule is C/C(C(=O)C1CCNCC1)=C(/O)c1ccc(Cl)cc1. The molecule has 1 aromatic rings. The minimum absolute atomic E-state index is 0.0238. The molecule has 1 saturated heterocycles. The van der Waals surface area contributed by atoms with Crippen molar-refractivity contribution in [2.24, 2.45) is 5.92 Å². The Bertz CT molecular complexity index is 487. The van der Waals surface area contributed by atoms with E-state index in [1.54, 1.807) is 31.2 Å². The van der Waals surface area contributed by atoms with Crippen LogP contribution in [0.1, 0.15) is 25.3 Å². The number of aliphatic hydroxyl groups excluding tert-OH is 1. The molecule has 0 amide bonds. The molecule has 4 heteroatoms. The van der Waals surface area contributed by atoms with Crippen molar-refractivity contribution >= 4 is 23.1 Å². The van der Waals surface area contributed by atoms with E-state index in [0.29, 0.717) is 16.2 Å². The van der Waals surface area contributed by atoms with Crippen molar-refractivity contribution in [2.45, 2.75) is 19.8 Å². The third-order valence-corrected chi connectivity index (χ3v) is 3.80. The highest BCUT2D eigenvalue weighted by Crippen LogP contribution is 2.23. The molecule has 3 nitrogen and oxygen atoms in total. The summed E-state index contributed by atoms with van der Waals surface area (Å²) in [5.74, 6) is 0.129. The maximum absolute atomic E-state index is 12.3. The van der Waals surface area contributed by atoms with Gasteiger partial charge in [0.2, 0.25) is 0 Å². The normalized spacial score (nSPS) is 18.0. The number of aliphatic hydroxyl groups is 1. The van der Waals surface area contributed by atoms with Crippen molar-refractivity contribution in [3.63, 3.8) is 0 Å². The predicted octanol–water partition coefficient (Wildman–Crippen LogP) is 3.20. The molecule has 1 aliphatic rings. The summed E-state index contributed by atoms with van der Waals surface area (Å²) >= 11 is 5.81. The third-order valence-electron chi connectivity index (χ3n) is 3.55. The Morgan fingerprint density at radius 2 is 1.84 bits per heavy atom. The first-order valence-corrected chi connectivity index (χ1v) is 6.88. The first-order valence-electron chi connectivity index (χ1n) is 6.50. The summed E-state index contributed by atoms with van der Waals surface area (Å²) in [5.41, 5.74) is 1.07. The zero-order valence-electron chi connectivity index (χ0n) is 10.9. The van der Waals surface area contributed by atoms with Crippen molar-refractivity contribution in [1.82, 2.24) is 5.32 Å². The molecular weight excluding hydrogens is 262 g/mol. The molecule has 0 saturated carbocycles. The third kappa shape index (κ3) is 3.37. The molecule has 1 aromatic carbocycles. The summed E-state index contributed by atoms with van der Waals surface area (Å²) in [7, 11) is 0. The van der Waals surface area contributed by atoms with Crippen molar-refractivity contribution in [3.8, 4) is 0 Å². The van der Waals surface area contributed by atoms with E-state index in [-0.39, 0.29) is 17.5 Å². The lowest BCUT2D eigenvalue weighted by molar-refractivity contribution is -0.119. The molecular formula is C15H18ClNO2. The maximum Gasteiger partial charge on any atom is 0.165 e. The predicted molar refractivity (Wildman–Crippen MR) is 77.3 cm³/mol. The molecule has 0 spiro atoms. The van der Waals surface area contributed by atoms with Gasteiger partial charge in [-0.1, -0.05) is 11.6 Å². The summed E-state index contributed by atoms with van der Waals surface area (Å²) in [6.45, 7) is 3.42. The number of carbonyl (C=O) groups is 1. The molecule has 19 heavy (non-hydrogen) atoms. The minimum Gasteiger partial charge on any atom is -0.507 e. The molecule has 1 aliphatic heterocycles. The van der Waals surface area contributed by atoms with Crippen LogP contribution in [0.4, 0.5) is 0 Å². The molecule has 0 atom stereocenters. The number of allylic oxidation sites excluding steroid dienone is 1. The van der Waals surface area contributed by atoms with E-state index in [1.807, 2.05) is 0 Å². The van der Waals surface area contributed by atoms with Crippen molar-refractivity contribution < 1.29 is 9.90 Å². The topological polar surface area (TPSA) is 49.3 Å². The van der Waals surface area contributed by atoms with Crippen LogP contribution >= 0.6 is 11.6 Å². The highest BCUT2D eigenvalue weighted by molar-refractivity contribution is 6.30. The highest BCUT2D eigenvalue weighted by atomic mass is 35.5. The number of carbonyl (C=O) groups excluding carboxylic acids is 1. The van der Waals surface area contributed by atoms with Gasteiger partial charge >= 0.3 is 0 Å². The van der Waals surface area contributed by atoms with Gasteiger partial charge in [-0.25, -0.2) is 0 Å². The molecule has 1 heterocycles. The lowest BCUT2D eigenvalue weighted by atomic mass is 9.89. The second kappa shape index (κ2) is 6.22. The zero-order valence-corrected chi connectivity index (χ0v) is 11.7. The van der Waals surface area contributed by atoms with Gasteiger partial charge in [0.05, 0.1) is 0 Å². The van der Waals surface area contributed by atoms with Gasteiger partial charge < -0.3 is 10.4 Å². The smallest absolute Gasteiger partial charge is 0.165 e. The first kappa shape index (κ1) is 14.1. The van der Waals surface area contributed by atoms with Crippen LogP contribution < -0.4 is 5.32 Å². The van der Waals surface area contributed by atoms with Crippen molar-refractivity contribution in [3.05, 3.63) is 40.4 Å². The van der Waals surface area contributed by atoms with Crippen LogP contribution in [0.5, 0.6) is 0 Å². The Morgan fingerprint density at radius 3 is 2.42 bits per heavy atom. The van der Waals surface area contributed by atoms with Gasteiger partial charge in [-0.05, 0) is 57.1 Å². The number of hydrogen-bond donors (Lipinski definition) is 2. The van der Waals surface area contributed by atoms with Gasteiger partial charge in [-0.2, -0.15) is 0 Å². The molecule has 2 N–H and O–H groups in total. The molecule has 2 rings (SSSR count). The zero-order chi connectivity index (χ0) is 13.8. The Labute approximate surface area is 118 Å². The van der Waals surface area contributed by atoms with E-state index in [9.17, 15) is 9.90 Å². The monoisotopic (exact) mass is 279 g/mol. The lowest BCUT2D eigenvalue weighted by Crippen LogP contribution is -2.32. The fourth-order valence-electron chi connectivity index (χ4n) is 2.33. The molecule has 0 unspecified atom stereocenters. The summed E-state index contributed by atoms with van der Waals surface area (Å²) in [6.07, 6.45) is 1.67. The van der Waals surface area contributed by atoms with Gasteiger partial charge in [0.25, 0.3) is 0 Å². The van der Waals surface area contributed by atoms with Gasteiger partial charge in [-0.3, -0.25) is 4.79 Å². The fourth-order valence-corrected chi connectivity index (χ4v) is 2.46. The van der Waals surface area contributed by atoms with E-state index >= 15 is 0 Å². The second-order valence-corrected chi connectivity index (χ2v) is 5.31. The number of rotatable bonds is 3. The fraction of sp³-hybridized carbons (Fsp3) is 0.400. The largest absolute Gasteiger partial charge is 0.507 e. The molecule has 102 valence electrons. The first-order chi connectivity index (χ1) is 9.09. The number of Topliss-reactive ketones (excluding diaryl/α,β-unsaturated/α-hetero) is 1. The lowest BCUT2D eigenvalue weighted by Gasteiger charge is -2.22. The molecule has 0 radical (unpaired) electrons. The van der Waals surface area contributed by atoms with Gasteiger partial charge in [0.15, 0.2) is 5.78 Å². The molecule has 1 fully saturated rings. The highest BCUT2D eigenvalue weighted by Gasteiger charge is 2.24. The maximum atomic E-state index is 12.3.